The molecule has 0 saturated carbocycles. The summed E-state index contributed by atoms with van der Waals surface area (Å²) in [4.78, 5) is 2.60. The lowest BCUT2D eigenvalue weighted by Gasteiger charge is -2.41. The van der Waals surface area contributed by atoms with Crippen LogP contribution >= 0.6 is 0 Å². The molecule has 1 fully saturated rings. The lowest BCUT2D eigenvalue weighted by atomic mass is 9.94. The van der Waals surface area contributed by atoms with Gasteiger partial charge in [0.05, 0.1) is 0 Å². The van der Waals surface area contributed by atoms with Crippen LogP contribution < -0.4 is 5.32 Å². The normalized spacial score (nSPS) is 21.4. The van der Waals surface area contributed by atoms with Crippen molar-refractivity contribution in [2.75, 3.05) is 19.6 Å². The molecule has 1 heterocycles. The van der Waals surface area contributed by atoms with E-state index in [0.29, 0.717) is 11.0 Å². The Morgan fingerprint density at radius 3 is 1.88 bits per heavy atom. The number of nitrogens with zero attached hydrogens (tertiary/aromatic N) is 1. The zero-order valence-corrected chi connectivity index (χ0v) is 12.1. The van der Waals surface area contributed by atoms with Gasteiger partial charge in [-0.15, -0.1) is 0 Å². The smallest absolute Gasteiger partial charge is 0.0125 e. The number of rotatable bonds is 2. The van der Waals surface area contributed by atoms with Crippen molar-refractivity contribution in [1.82, 2.24) is 10.2 Å². The quantitative estimate of drug-likeness (QED) is 0.779. The van der Waals surface area contributed by atoms with Crippen LogP contribution in [0.25, 0.3) is 0 Å². The molecule has 0 atom stereocenters. The summed E-state index contributed by atoms with van der Waals surface area (Å²) in [5.41, 5.74) is 0.746. The number of hydrogen-bond donors (Lipinski definition) is 1. The Hall–Kier alpha value is -0.0800. The van der Waals surface area contributed by atoms with Crippen LogP contribution in [0.1, 0.15) is 54.4 Å². The van der Waals surface area contributed by atoms with Gasteiger partial charge in [-0.25, -0.2) is 0 Å². The van der Waals surface area contributed by atoms with E-state index in [1.165, 1.54) is 25.9 Å². The highest BCUT2D eigenvalue weighted by molar-refractivity contribution is 4.85. The van der Waals surface area contributed by atoms with Crippen molar-refractivity contribution in [3.05, 3.63) is 0 Å². The zero-order valence-electron chi connectivity index (χ0n) is 12.1. The maximum Gasteiger partial charge on any atom is 0.0125 e. The Balaban J connectivity index is 2.28. The van der Waals surface area contributed by atoms with Crippen LogP contribution in [0, 0.1) is 5.41 Å². The first kappa shape index (κ1) is 14.0. The first-order valence-corrected chi connectivity index (χ1v) is 6.67. The van der Waals surface area contributed by atoms with Crippen molar-refractivity contribution in [3.8, 4) is 0 Å². The van der Waals surface area contributed by atoms with E-state index in [9.17, 15) is 0 Å². The molecule has 2 nitrogen and oxygen atoms in total. The SMILES string of the molecule is CC(C)(C)CNC1CCN(C(C)(C)C)CC1. The molecule has 1 saturated heterocycles. The topological polar surface area (TPSA) is 15.3 Å². The molecule has 0 radical (unpaired) electrons. The first-order valence-electron chi connectivity index (χ1n) is 6.67. The van der Waals surface area contributed by atoms with Crippen LogP contribution in [0.3, 0.4) is 0 Å². The van der Waals surface area contributed by atoms with Crippen LogP contribution in [-0.4, -0.2) is 36.1 Å². The molecule has 1 N–H and O–H groups in total. The number of nitrogens with one attached hydrogen (secondary N) is 1. The fourth-order valence-corrected chi connectivity index (χ4v) is 2.20. The van der Waals surface area contributed by atoms with Gasteiger partial charge in [0.1, 0.15) is 0 Å². The third-order valence-corrected chi connectivity index (χ3v) is 3.36. The first-order chi connectivity index (χ1) is 7.18. The van der Waals surface area contributed by atoms with E-state index in [-0.39, 0.29) is 0 Å². The standard InChI is InChI=1S/C14H30N2/c1-13(2,3)11-15-12-7-9-16(10-8-12)14(4,5)6/h12,15H,7-11H2,1-6H3. The number of piperidine rings is 1. The van der Waals surface area contributed by atoms with Crippen LogP contribution in [0.15, 0.2) is 0 Å². The Bertz CT molecular complexity index is 202. The fraction of sp³-hybridized carbons (Fsp3) is 1.00. The molecule has 1 aliphatic heterocycles. The minimum Gasteiger partial charge on any atom is -0.313 e. The van der Waals surface area contributed by atoms with Gasteiger partial charge in [-0.2, -0.15) is 0 Å². The van der Waals surface area contributed by atoms with Gasteiger partial charge in [0, 0.05) is 31.2 Å². The van der Waals surface area contributed by atoms with E-state index in [4.69, 9.17) is 0 Å². The molecule has 1 rings (SSSR count). The van der Waals surface area contributed by atoms with E-state index < -0.39 is 0 Å². The van der Waals surface area contributed by atoms with Crippen molar-refractivity contribution in [2.24, 2.45) is 5.41 Å². The van der Waals surface area contributed by atoms with Crippen LogP contribution in [0.2, 0.25) is 0 Å². The largest absolute Gasteiger partial charge is 0.313 e. The monoisotopic (exact) mass is 226 g/mol. The molecule has 0 amide bonds. The van der Waals surface area contributed by atoms with Gasteiger partial charge in [0.15, 0.2) is 0 Å². The maximum atomic E-state index is 3.71. The van der Waals surface area contributed by atoms with Gasteiger partial charge < -0.3 is 5.32 Å². The average Bonchev–Trinajstić information content (AvgIpc) is 2.13. The molecule has 1 aliphatic rings. The summed E-state index contributed by atoms with van der Waals surface area (Å²) in [5, 5.41) is 3.71. The van der Waals surface area contributed by atoms with Crippen molar-refractivity contribution in [3.63, 3.8) is 0 Å². The van der Waals surface area contributed by atoms with E-state index in [1.54, 1.807) is 0 Å². The van der Waals surface area contributed by atoms with E-state index >= 15 is 0 Å². The summed E-state index contributed by atoms with van der Waals surface area (Å²) in [6, 6.07) is 0.734. The molecular formula is C14H30N2. The second-order valence-electron chi connectivity index (χ2n) is 7.37. The predicted molar refractivity (Wildman–Crippen MR) is 71.8 cm³/mol. The molecule has 96 valence electrons. The van der Waals surface area contributed by atoms with Crippen molar-refractivity contribution in [2.45, 2.75) is 66.0 Å². The van der Waals surface area contributed by atoms with Gasteiger partial charge in [-0.1, -0.05) is 20.8 Å². The number of hydrogen-bond acceptors (Lipinski definition) is 2. The predicted octanol–water partition coefficient (Wildman–Crippen LogP) is 2.89. The van der Waals surface area contributed by atoms with E-state index in [1.807, 2.05) is 0 Å². The van der Waals surface area contributed by atoms with Gasteiger partial charge in [-0.05, 0) is 39.0 Å². The molecule has 0 aromatic heterocycles. The third kappa shape index (κ3) is 4.84. The lowest BCUT2D eigenvalue weighted by Crippen LogP contribution is -2.50. The number of likely N-dealkylation sites (tertiary alicyclic amines) is 1. The highest BCUT2D eigenvalue weighted by Gasteiger charge is 2.27. The fourth-order valence-electron chi connectivity index (χ4n) is 2.20. The van der Waals surface area contributed by atoms with Crippen molar-refractivity contribution >= 4 is 0 Å². The molecule has 0 bridgehead atoms. The highest BCUT2D eigenvalue weighted by Crippen LogP contribution is 2.20. The minimum atomic E-state index is 0.342. The molecular weight excluding hydrogens is 196 g/mol. The molecule has 0 unspecified atom stereocenters. The minimum absolute atomic E-state index is 0.342. The molecule has 16 heavy (non-hydrogen) atoms. The second-order valence-corrected chi connectivity index (χ2v) is 7.37. The molecule has 0 aliphatic carbocycles. The highest BCUT2D eigenvalue weighted by atomic mass is 15.2. The van der Waals surface area contributed by atoms with E-state index in [0.717, 1.165) is 12.6 Å². The Morgan fingerprint density at radius 1 is 1.00 bits per heavy atom. The van der Waals surface area contributed by atoms with Crippen LogP contribution in [-0.2, 0) is 0 Å². The Kier molecular flexibility index (Phi) is 4.42. The summed E-state index contributed by atoms with van der Waals surface area (Å²) in [6.45, 7) is 17.4. The Labute approximate surface area is 102 Å². The second kappa shape index (κ2) is 5.05. The van der Waals surface area contributed by atoms with Crippen molar-refractivity contribution < 1.29 is 0 Å². The van der Waals surface area contributed by atoms with Crippen LogP contribution in [0.4, 0.5) is 0 Å². The van der Waals surface area contributed by atoms with Crippen molar-refractivity contribution in [1.29, 1.82) is 0 Å². The Morgan fingerprint density at radius 2 is 1.50 bits per heavy atom. The molecule has 0 aromatic rings. The van der Waals surface area contributed by atoms with Gasteiger partial charge in [0.2, 0.25) is 0 Å². The summed E-state index contributed by atoms with van der Waals surface area (Å²) < 4.78 is 0. The molecule has 2 heteroatoms. The molecule has 0 spiro atoms. The molecule has 0 aromatic carbocycles. The summed E-state index contributed by atoms with van der Waals surface area (Å²) in [5.74, 6) is 0. The average molecular weight is 226 g/mol. The third-order valence-electron chi connectivity index (χ3n) is 3.36. The van der Waals surface area contributed by atoms with E-state index in [2.05, 4.69) is 51.8 Å². The maximum absolute atomic E-state index is 3.71. The zero-order chi connectivity index (χ0) is 12.4. The summed E-state index contributed by atoms with van der Waals surface area (Å²) >= 11 is 0. The summed E-state index contributed by atoms with van der Waals surface area (Å²) in [6.07, 6.45) is 2.60. The lowest BCUT2D eigenvalue weighted by molar-refractivity contribution is 0.0942. The summed E-state index contributed by atoms with van der Waals surface area (Å²) in [7, 11) is 0. The van der Waals surface area contributed by atoms with Gasteiger partial charge in [0.25, 0.3) is 0 Å². The van der Waals surface area contributed by atoms with Gasteiger partial charge >= 0.3 is 0 Å². The van der Waals surface area contributed by atoms with Crippen LogP contribution in [0.5, 0.6) is 0 Å². The van der Waals surface area contributed by atoms with Gasteiger partial charge in [-0.3, -0.25) is 4.90 Å².